The summed E-state index contributed by atoms with van der Waals surface area (Å²) in [6, 6.07) is 14.7. The SMILES string of the molecule is O=C(Cc1csc(-c2ccc(Cl)cc2)n1)Nc1cccc(C(=O)NC2CC2)c1. The molecule has 1 aliphatic rings. The van der Waals surface area contributed by atoms with E-state index in [0.29, 0.717) is 28.0 Å². The van der Waals surface area contributed by atoms with E-state index in [1.807, 2.05) is 29.6 Å². The number of rotatable bonds is 6. The lowest BCUT2D eigenvalue weighted by Crippen LogP contribution is -2.25. The summed E-state index contributed by atoms with van der Waals surface area (Å²) in [4.78, 5) is 29.0. The van der Waals surface area contributed by atoms with Gasteiger partial charge >= 0.3 is 0 Å². The molecule has 4 rings (SSSR count). The van der Waals surface area contributed by atoms with Crippen molar-refractivity contribution in [1.29, 1.82) is 0 Å². The first-order valence-electron chi connectivity index (χ1n) is 8.98. The third kappa shape index (κ3) is 4.77. The number of nitrogens with zero attached hydrogens (tertiary/aromatic N) is 1. The molecule has 1 saturated carbocycles. The molecule has 142 valence electrons. The summed E-state index contributed by atoms with van der Waals surface area (Å²) in [6.07, 6.45) is 2.24. The summed E-state index contributed by atoms with van der Waals surface area (Å²) in [5.74, 6) is -0.279. The highest BCUT2D eigenvalue weighted by Crippen LogP contribution is 2.25. The molecule has 2 amide bonds. The van der Waals surface area contributed by atoms with Crippen LogP contribution in [0.2, 0.25) is 5.02 Å². The van der Waals surface area contributed by atoms with Crippen molar-refractivity contribution in [3.05, 3.63) is 70.2 Å². The van der Waals surface area contributed by atoms with Crippen LogP contribution >= 0.6 is 22.9 Å². The van der Waals surface area contributed by atoms with Crippen molar-refractivity contribution in [3.8, 4) is 10.6 Å². The van der Waals surface area contributed by atoms with Gasteiger partial charge < -0.3 is 10.6 Å². The highest BCUT2D eigenvalue weighted by Gasteiger charge is 2.23. The van der Waals surface area contributed by atoms with Gasteiger partial charge in [0.1, 0.15) is 5.01 Å². The number of halogens is 1. The Labute approximate surface area is 171 Å². The Balaban J connectivity index is 1.38. The maximum absolute atomic E-state index is 12.4. The van der Waals surface area contributed by atoms with E-state index in [9.17, 15) is 9.59 Å². The number of benzene rings is 2. The first kappa shape index (κ1) is 18.7. The molecule has 2 aromatic carbocycles. The summed E-state index contributed by atoms with van der Waals surface area (Å²) in [5.41, 5.74) is 2.82. The number of amides is 2. The van der Waals surface area contributed by atoms with E-state index in [0.717, 1.165) is 23.4 Å². The number of thiazole rings is 1. The smallest absolute Gasteiger partial charge is 0.251 e. The average Bonchev–Trinajstić information content (AvgIpc) is 3.38. The van der Waals surface area contributed by atoms with Gasteiger partial charge in [0.25, 0.3) is 5.91 Å². The second-order valence-corrected chi connectivity index (χ2v) is 8.00. The molecule has 1 heterocycles. The molecule has 0 aliphatic heterocycles. The molecule has 2 N–H and O–H groups in total. The van der Waals surface area contributed by atoms with E-state index in [1.54, 1.807) is 24.3 Å². The number of aromatic nitrogens is 1. The Morgan fingerprint density at radius 2 is 1.93 bits per heavy atom. The van der Waals surface area contributed by atoms with E-state index < -0.39 is 0 Å². The minimum atomic E-state index is -0.173. The maximum atomic E-state index is 12.4. The van der Waals surface area contributed by atoms with Gasteiger partial charge in [0.2, 0.25) is 5.91 Å². The van der Waals surface area contributed by atoms with Gasteiger partial charge in [-0.2, -0.15) is 0 Å². The molecule has 3 aromatic rings. The van der Waals surface area contributed by atoms with Gasteiger partial charge in [0.05, 0.1) is 12.1 Å². The zero-order valence-corrected chi connectivity index (χ0v) is 16.5. The van der Waals surface area contributed by atoms with E-state index in [4.69, 9.17) is 11.6 Å². The zero-order chi connectivity index (χ0) is 19.5. The number of hydrogen-bond donors (Lipinski definition) is 2. The van der Waals surface area contributed by atoms with Crippen LogP contribution < -0.4 is 10.6 Å². The minimum absolute atomic E-state index is 0.106. The second kappa shape index (κ2) is 8.12. The molecule has 0 unspecified atom stereocenters. The fourth-order valence-electron chi connectivity index (χ4n) is 2.72. The average molecular weight is 412 g/mol. The van der Waals surface area contributed by atoms with Crippen molar-refractivity contribution in [2.75, 3.05) is 5.32 Å². The van der Waals surface area contributed by atoms with Crippen LogP contribution in [0.4, 0.5) is 5.69 Å². The molecule has 7 heteroatoms. The first-order valence-corrected chi connectivity index (χ1v) is 10.2. The van der Waals surface area contributed by atoms with Crippen LogP contribution in [-0.4, -0.2) is 22.8 Å². The Morgan fingerprint density at radius 1 is 1.14 bits per heavy atom. The summed E-state index contributed by atoms with van der Waals surface area (Å²) in [5, 5.41) is 9.18. The van der Waals surface area contributed by atoms with Crippen LogP contribution in [0.5, 0.6) is 0 Å². The molecular weight excluding hydrogens is 394 g/mol. The molecule has 28 heavy (non-hydrogen) atoms. The van der Waals surface area contributed by atoms with Crippen LogP contribution in [0, 0.1) is 0 Å². The van der Waals surface area contributed by atoms with Crippen molar-refractivity contribution < 1.29 is 9.59 Å². The molecule has 1 aliphatic carbocycles. The highest BCUT2D eigenvalue weighted by atomic mass is 35.5. The molecule has 5 nitrogen and oxygen atoms in total. The number of anilines is 1. The van der Waals surface area contributed by atoms with Crippen LogP contribution in [0.25, 0.3) is 10.6 Å². The number of carbonyl (C=O) groups is 2. The third-order valence-corrected chi connectivity index (χ3v) is 5.50. The monoisotopic (exact) mass is 411 g/mol. The van der Waals surface area contributed by atoms with Crippen LogP contribution in [0.15, 0.2) is 53.9 Å². The van der Waals surface area contributed by atoms with E-state index in [1.165, 1.54) is 11.3 Å². The molecule has 0 bridgehead atoms. The predicted octanol–water partition coefficient (Wildman–Crippen LogP) is 4.54. The van der Waals surface area contributed by atoms with Gasteiger partial charge in [0.15, 0.2) is 0 Å². The van der Waals surface area contributed by atoms with Crippen molar-refractivity contribution in [3.63, 3.8) is 0 Å². The topological polar surface area (TPSA) is 71.1 Å². The third-order valence-electron chi connectivity index (χ3n) is 4.31. The van der Waals surface area contributed by atoms with E-state index >= 15 is 0 Å². The van der Waals surface area contributed by atoms with Crippen LogP contribution in [-0.2, 0) is 11.2 Å². The van der Waals surface area contributed by atoms with Gasteiger partial charge in [-0.1, -0.05) is 29.8 Å². The van der Waals surface area contributed by atoms with Crippen molar-refractivity contribution in [1.82, 2.24) is 10.3 Å². The Morgan fingerprint density at radius 3 is 2.68 bits per heavy atom. The normalized spacial score (nSPS) is 13.2. The zero-order valence-electron chi connectivity index (χ0n) is 14.9. The standard InChI is InChI=1S/C21H18ClN3O2S/c22-15-6-4-13(5-7-15)21-25-18(12-28-21)11-19(26)23-17-3-1-2-14(10-17)20(27)24-16-8-9-16/h1-7,10,12,16H,8-9,11H2,(H,23,26)(H,24,27). The summed E-state index contributed by atoms with van der Waals surface area (Å²) in [6.45, 7) is 0. The minimum Gasteiger partial charge on any atom is -0.349 e. The second-order valence-electron chi connectivity index (χ2n) is 6.70. The van der Waals surface area contributed by atoms with Gasteiger partial charge in [-0.15, -0.1) is 11.3 Å². The van der Waals surface area contributed by atoms with Crippen molar-refractivity contribution in [2.24, 2.45) is 0 Å². The summed E-state index contributed by atoms with van der Waals surface area (Å²) < 4.78 is 0. The molecule has 0 radical (unpaired) electrons. The lowest BCUT2D eigenvalue weighted by atomic mass is 10.2. The number of nitrogens with one attached hydrogen (secondary N) is 2. The van der Waals surface area contributed by atoms with Crippen LogP contribution in [0.3, 0.4) is 0 Å². The fourth-order valence-corrected chi connectivity index (χ4v) is 3.67. The van der Waals surface area contributed by atoms with Gasteiger partial charge in [0, 0.05) is 33.3 Å². The van der Waals surface area contributed by atoms with Crippen molar-refractivity contribution in [2.45, 2.75) is 25.3 Å². The van der Waals surface area contributed by atoms with Gasteiger partial charge in [-0.3, -0.25) is 9.59 Å². The van der Waals surface area contributed by atoms with E-state index in [-0.39, 0.29) is 18.2 Å². The number of carbonyl (C=O) groups excluding carboxylic acids is 2. The molecule has 0 spiro atoms. The largest absolute Gasteiger partial charge is 0.349 e. The van der Waals surface area contributed by atoms with Crippen LogP contribution in [0.1, 0.15) is 28.9 Å². The lowest BCUT2D eigenvalue weighted by Gasteiger charge is -2.07. The lowest BCUT2D eigenvalue weighted by molar-refractivity contribution is -0.115. The van der Waals surface area contributed by atoms with Gasteiger partial charge in [-0.25, -0.2) is 4.98 Å². The maximum Gasteiger partial charge on any atom is 0.251 e. The molecule has 0 atom stereocenters. The fraction of sp³-hybridized carbons (Fsp3) is 0.190. The number of hydrogen-bond acceptors (Lipinski definition) is 4. The predicted molar refractivity (Wildman–Crippen MR) is 112 cm³/mol. The van der Waals surface area contributed by atoms with Gasteiger partial charge in [-0.05, 0) is 43.2 Å². The Kier molecular flexibility index (Phi) is 5.41. The molecule has 1 aromatic heterocycles. The first-order chi connectivity index (χ1) is 13.6. The summed E-state index contributed by atoms with van der Waals surface area (Å²) in [7, 11) is 0. The molecular formula is C21H18ClN3O2S. The summed E-state index contributed by atoms with van der Waals surface area (Å²) >= 11 is 7.40. The van der Waals surface area contributed by atoms with Crippen molar-refractivity contribution >= 4 is 40.4 Å². The molecule has 1 fully saturated rings. The quantitative estimate of drug-likeness (QED) is 0.625. The highest BCUT2D eigenvalue weighted by molar-refractivity contribution is 7.13. The van der Waals surface area contributed by atoms with E-state index in [2.05, 4.69) is 15.6 Å². The Bertz CT molecular complexity index is 1010. The Hall–Kier alpha value is -2.70. The molecule has 0 saturated heterocycles.